The van der Waals surface area contributed by atoms with Crippen molar-refractivity contribution in [2.45, 2.75) is 13.8 Å². The Morgan fingerprint density at radius 2 is 2.00 bits per heavy atom. The van der Waals surface area contributed by atoms with Gasteiger partial charge < -0.3 is 14.5 Å². The number of aryl methyl sites for hydroxylation is 2. The van der Waals surface area contributed by atoms with Crippen LogP contribution in [0.4, 0.5) is 5.69 Å². The van der Waals surface area contributed by atoms with Crippen molar-refractivity contribution in [2.75, 3.05) is 5.73 Å². The normalized spacial score (nSPS) is 12.5. The van der Waals surface area contributed by atoms with Gasteiger partial charge in [-0.1, -0.05) is 6.07 Å². The van der Waals surface area contributed by atoms with E-state index in [0.29, 0.717) is 5.69 Å². The minimum atomic E-state index is -2.55. The fourth-order valence-corrected chi connectivity index (χ4v) is 1.34. The quantitative estimate of drug-likeness (QED) is 0.572. The predicted molar refractivity (Wildman–Crippen MR) is 49.9 cm³/mol. The molecule has 2 N–H and O–H groups in total. The Morgan fingerprint density at radius 3 is 2.54 bits per heavy atom. The van der Waals surface area contributed by atoms with Crippen LogP contribution < -0.4 is 9.92 Å². The molecular formula is C8H10NO3S-. The summed E-state index contributed by atoms with van der Waals surface area (Å²) in [6, 6.07) is 3.28. The highest BCUT2D eigenvalue weighted by atomic mass is 32.2. The Labute approximate surface area is 79.2 Å². The Balaban J connectivity index is 3.08. The molecule has 0 heterocycles. The first-order valence-corrected chi connectivity index (χ1v) is 4.65. The molecule has 0 aliphatic carbocycles. The maximum Gasteiger partial charge on any atom is 0.144 e. The third-order valence-electron chi connectivity index (χ3n) is 1.72. The third kappa shape index (κ3) is 2.43. The van der Waals surface area contributed by atoms with Crippen LogP contribution in [0.5, 0.6) is 5.75 Å². The first-order chi connectivity index (χ1) is 6.00. The largest absolute Gasteiger partial charge is 0.740 e. The molecule has 0 saturated heterocycles. The lowest BCUT2D eigenvalue weighted by Gasteiger charge is -2.11. The second-order valence-corrected chi connectivity index (χ2v) is 3.34. The van der Waals surface area contributed by atoms with Gasteiger partial charge >= 0.3 is 0 Å². The van der Waals surface area contributed by atoms with Gasteiger partial charge in [0.2, 0.25) is 0 Å². The summed E-state index contributed by atoms with van der Waals surface area (Å²) in [6.07, 6.45) is 0. The van der Waals surface area contributed by atoms with Crippen molar-refractivity contribution >= 4 is 17.0 Å². The van der Waals surface area contributed by atoms with E-state index in [1.54, 1.807) is 13.0 Å². The molecule has 72 valence electrons. The lowest BCUT2D eigenvalue weighted by molar-refractivity contribution is 0.439. The molecule has 5 heteroatoms. The van der Waals surface area contributed by atoms with Crippen molar-refractivity contribution in [3.63, 3.8) is 0 Å². The van der Waals surface area contributed by atoms with Gasteiger partial charge in [0.05, 0.1) is 0 Å². The van der Waals surface area contributed by atoms with Crippen LogP contribution in [0.2, 0.25) is 0 Å². The van der Waals surface area contributed by atoms with Crippen LogP contribution in [0.15, 0.2) is 12.1 Å². The van der Waals surface area contributed by atoms with Gasteiger partial charge in [-0.3, -0.25) is 0 Å². The molecule has 0 aliphatic heterocycles. The van der Waals surface area contributed by atoms with Crippen molar-refractivity contribution in [3.05, 3.63) is 23.3 Å². The molecule has 0 saturated carbocycles. The molecule has 0 aliphatic rings. The lowest BCUT2D eigenvalue weighted by atomic mass is 10.1. The number of hydrogen-bond donors (Lipinski definition) is 1. The van der Waals surface area contributed by atoms with Crippen LogP contribution in [-0.2, 0) is 11.4 Å². The standard InChI is InChI=1S/C8H11NO3S/c1-5-3-6(2)8(4-7(5)9)12-13(10)11/h3-4H,9H2,1-2H3,(H,10,11)/p-1. The minimum Gasteiger partial charge on any atom is -0.740 e. The van der Waals surface area contributed by atoms with Gasteiger partial charge in [0.25, 0.3) is 0 Å². The maximum absolute atomic E-state index is 10.3. The van der Waals surface area contributed by atoms with Gasteiger partial charge in [0.15, 0.2) is 0 Å². The molecule has 0 aromatic heterocycles. The first kappa shape index (κ1) is 10.0. The van der Waals surface area contributed by atoms with Gasteiger partial charge in [-0.25, -0.2) is 4.21 Å². The summed E-state index contributed by atoms with van der Waals surface area (Å²) >= 11 is -2.55. The Bertz CT molecular complexity index is 351. The van der Waals surface area contributed by atoms with Crippen molar-refractivity contribution < 1.29 is 12.9 Å². The second kappa shape index (κ2) is 3.76. The number of anilines is 1. The van der Waals surface area contributed by atoms with Crippen LogP contribution >= 0.6 is 0 Å². The van der Waals surface area contributed by atoms with E-state index >= 15 is 0 Å². The Hall–Kier alpha value is -1.07. The van der Waals surface area contributed by atoms with E-state index in [9.17, 15) is 8.76 Å². The average molecular weight is 200 g/mol. The summed E-state index contributed by atoms with van der Waals surface area (Å²) in [6.45, 7) is 3.61. The van der Waals surface area contributed by atoms with E-state index < -0.39 is 11.4 Å². The van der Waals surface area contributed by atoms with Crippen LogP contribution in [0.1, 0.15) is 11.1 Å². The summed E-state index contributed by atoms with van der Waals surface area (Å²) in [4.78, 5) is 0. The van der Waals surface area contributed by atoms with Gasteiger partial charge in [0, 0.05) is 11.8 Å². The van der Waals surface area contributed by atoms with Crippen molar-refractivity contribution in [1.82, 2.24) is 0 Å². The lowest BCUT2D eigenvalue weighted by Crippen LogP contribution is -2.01. The summed E-state index contributed by atoms with van der Waals surface area (Å²) in [5.74, 6) is 0.274. The zero-order chi connectivity index (χ0) is 10.0. The summed E-state index contributed by atoms with van der Waals surface area (Å²) in [5.41, 5.74) is 7.75. The molecule has 1 unspecified atom stereocenters. The number of hydrogen-bond acceptors (Lipinski definition) is 4. The second-order valence-electron chi connectivity index (χ2n) is 2.76. The summed E-state index contributed by atoms with van der Waals surface area (Å²) in [5, 5.41) is 0. The highest BCUT2D eigenvalue weighted by Crippen LogP contribution is 2.24. The van der Waals surface area contributed by atoms with Crippen LogP contribution in [0.3, 0.4) is 0 Å². The van der Waals surface area contributed by atoms with Crippen LogP contribution in [0.25, 0.3) is 0 Å². The van der Waals surface area contributed by atoms with E-state index in [2.05, 4.69) is 4.18 Å². The molecule has 4 nitrogen and oxygen atoms in total. The molecule has 13 heavy (non-hydrogen) atoms. The first-order valence-electron chi connectivity index (χ1n) is 3.65. The molecule has 1 aromatic rings. The van der Waals surface area contributed by atoms with E-state index in [1.807, 2.05) is 6.92 Å². The highest BCUT2D eigenvalue weighted by Gasteiger charge is 2.03. The maximum atomic E-state index is 10.3. The molecule has 0 amide bonds. The molecule has 0 fully saturated rings. The summed E-state index contributed by atoms with van der Waals surface area (Å²) in [7, 11) is 0. The molecule has 0 radical (unpaired) electrons. The van der Waals surface area contributed by atoms with Crippen molar-refractivity contribution in [1.29, 1.82) is 0 Å². The molecule has 0 spiro atoms. The van der Waals surface area contributed by atoms with E-state index in [4.69, 9.17) is 5.73 Å². The van der Waals surface area contributed by atoms with E-state index in [-0.39, 0.29) is 5.75 Å². The molecule has 1 atom stereocenters. The number of benzene rings is 1. The molecular weight excluding hydrogens is 190 g/mol. The van der Waals surface area contributed by atoms with Crippen LogP contribution in [0, 0.1) is 13.8 Å². The van der Waals surface area contributed by atoms with Gasteiger partial charge in [0.1, 0.15) is 17.1 Å². The van der Waals surface area contributed by atoms with Gasteiger partial charge in [-0.2, -0.15) is 0 Å². The van der Waals surface area contributed by atoms with Gasteiger partial charge in [-0.15, -0.1) is 0 Å². The van der Waals surface area contributed by atoms with E-state index in [1.165, 1.54) is 6.07 Å². The third-order valence-corrected chi connectivity index (χ3v) is 2.04. The van der Waals surface area contributed by atoms with Crippen LogP contribution in [-0.4, -0.2) is 8.76 Å². The monoisotopic (exact) mass is 200 g/mol. The molecule has 1 rings (SSSR count). The predicted octanol–water partition coefficient (Wildman–Crippen LogP) is 1.06. The fourth-order valence-electron chi connectivity index (χ4n) is 1.01. The zero-order valence-corrected chi connectivity index (χ0v) is 8.18. The zero-order valence-electron chi connectivity index (χ0n) is 7.37. The molecule has 1 aromatic carbocycles. The smallest absolute Gasteiger partial charge is 0.144 e. The Morgan fingerprint density at radius 1 is 1.38 bits per heavy atom. The number of nitrogens with two attached hydrogens (primary N) is 1. The SMILES string of the molecule is Cc1cc(C)c(OS(=O)[O-])cc1N. The number of rotatable bonds is 2. The highest BCUT2D eigenvalue weighted by molar-refractivity contribution is 7.74. The topological polar surface area (TPSA) is 75.4 Å². The van der Waals surface area contributed by atoms with E-state index in [0.717, 1.165) is 11.1 Å². The average Bonchev–Trinajstić information content (AvgIpc) is 1.99. The minimum absolute atomic E-state index is 0.274. The van der Waals surface area contributed by atoms with Gasteiger partial charge in [-0.05, 0) is 25.0 Å². The van der Waals surface area contributed by atoms with Crippen molar-refractivity contribution in [3.8, 4) is 5.75 Å². The summed E-state index contributed by atoms with van der Waals surface area (Å²) < 4.78 is 25.0. The fraction of sp³-hybridized carbons (Fsp3) is 0.250. The Kier molecular flexibility index (Phi) is 2.90. The van der Waals surface area contributed by atoms with Crippen molar-refractivity contribution in [2.24, 2.45) is 0 Å². The number of nitrogen functional groups attached to an aromatic ring is 1. The molecule has 0 bridgehead atoms.